The number of rotatable bonds is 4. The van der Waals surface area contributed by atoms with Gasteiger partial charge in [-0.3, -0.25) is 4.79 Å². The Morgan fingerprint density at radius 1 is 1.20 bits per heavy atom. The molecule has 1 fully saturated rings. The van der Waals surface area contributed by atoms with Crippen LogP contribution in [-0.2, 0) is 9.59 Å². The van der Waals surface area contributed by atoms with Gasteiger partial charge in [-0.2, -0.15) is 0 Å². The molecule has 1 saturated carbocycles. The molecule has 0 unspecified atom stereocenters. The Kier molecular flexibility index (Phi) is 4.75. The van der Waals surface area contributed by atoms with E-state index in [2.05, 4.69) is 5.32 Å². The van der Waals surface area contributed by atoms with Gasteiger partial charge in [0.25, 0.3) is 0 Å². The molecule has 1 rings (SSSR count). The molecule has 1 aliphatic carbocycles. The maximum Gasteiger partial charge on any atom is 0.220 e. The van der Waals surface area contributed by atoms with Crippen molar-refractivity contribution in [2.45, 2.75) is 57.6 Å². The van der Waals surface area contributed by atoms with E-state index >= 15 is 0 Å². The van der Waals surface area contributed by atoms with Crippen LogP contribution >= 0.6 is 0 Å². The summed E-state index contributed by atoms with van der Waals surface area (Å²) in [5.74, 6) is -0.00388. The van der Waals surface area contributed by atoms with Crippen LogP contribution in [0.1, 0.15) is 45.4 Å². The highest BCUT2D eigenvalue weighted by Crippen LogP contribution is 2.18. The maximum atomic E-state index is 11.4. The van der Waals surface area contributed by atoms with Crippen molar-refractivity contribution in [3.05, 3.63) is 0 Å². The van der Waals surface area contributed by atoms with Crippen molar-refractivity contribution >= 4 is 11.7 Å². The van der Waals surface area contributed by atoms with E-state index in [0.29, 0.717) is 6.42 Å². The number of carbonyl (C=O) groups excluding carboxylic acids is 2. The molecule has 86 valence electrons. The number of ketones is 1. The van der Waals surface area contributed by atoms with Gasteiger partial charge < -0.3 is 15.2 Å². The first-order valence-corrected chi connectivity index (χ1v) is 5.55. The second kappa shape index (κ2) is 5.85. The summed E-state index contributed by atoms with van der Waals surface area (Å²) in [6.45, 7) is 1.49. The summed E-state index contributed by atoms with van der Waals surface area (Å²) in [7, 11) is 0. The third-order valence-electron chi connectivity index (χ3n) is 2.77. The number of hydrogen-bond acceptors (Lipinski definition) is 3. The van der Waals surface area contributed by atoms with Gasteiger partial charge in [0.2, 0.25) is 5.91 Å². The lowest BCUT2D eigenvalue weighted by molar-refractivity contribution is -0.125. The molecule has 0 aromatic rings. The van der Waals surface area contributed by atoms with Gasteiger partial charge in [0.05, 0.1) is 6.10 Å². The van der Waals surface area contributed by atoms with Crippen LogP contribution in [0.15, 0.2) is 0 Å². The third-order valence-corrected chi connectivity index (χ3v) is 2.77. The van der Waals surface area contributed by atoms with E-state index < -0.39 is 0 Å². The second-order valence-electron chi connectivity index (χ2n) is 4.27. The van der Waals surface area contributed by atoms with Crippen molar-refractivity contribution in [1.29, 1.82) is 0 Å². The summed E-state index contributed by atoms with van der Waals surface area (Å²) in [5, 5.41) is 12.2. The Morgan fingerprint density at radius 3 is 2.33 bits per heavy atom. The number of Topliss-reactive ketones (excluding diaryl/α,β-unsaturated/α-hetero) is 1. The van der Waals surface area contributed by atoms with Gasteiger partial charge in [0.1, 0.15) is 5.78 Å². The Hall–Kier alpha value is -0.900. The van der Waals surface area contributed by atoms with Crippen molar-refractivity contribution in [2.24, 2.45) is 0 Å². The van der Waals surface area contributed by atoms with Crippen LogP contribution in [0.25, 0.3) is 0 Å². The molecule has 4 nitrogen and oxygen atoms in total. The molecule has 0 bridgehead atoms. The first-order chi connectivity index (χ1) is 7.08. The molecule has 0 radical (unpaired) electrons. The molecule has 0 spiro atoms. The molecule has 15 heavy (non-hydrogen) atoms. The van der Waals surface area contributed by atoms with Gasteiger partial charge in [-0.1, -0.05) is 0 Å². The topological polar surface area (TPSA) is 66.4 Å². The Balaban J connectivity index is 2.17. The number of hydrogen-bond donors (Lipinski definition) is 2. The molecule has 0 atom stereocenters. The van der Waals surface area contributed by atoms with Gasteiger partial charge >= 0.3 is 0 Å². The fraction of sp³-hybridized carbons (Fsp3) is 0.818. The number of carbonyl (C=O) groups is 2. The zero-order valence-electron chi connectivity index (χ0n) is 9.16. The minimum atomic E-state index is -0.199. The van der Waals surface area contributed by atoms with E-state index in [-0.39, 0.29) is 30.3 Å². The van der Waals surface area contributed by atoms with Crippen LogP contribution in [0.3, 0.4) is 0 Å². The van der Waals surface area contributed by atoms with E-state index in [1.54, 1.807) is 0 Å². The van der Waals surface area contributed by atoms with Gasteiger partial charge in [0, 0.05) is 18.9 Å². The normalized spacial score (nSPS) is 26.0. The van der Waals surface area contributed by atoms with Crippen LogP contribution in [0, 0.1) is 0 Å². The van der Waals surface area contributed by atoms with Gasteiger partial charge in [-0.15, -0.1) is 0 Å². The molecule has 0 aliphatic heterocycles. The van der Waals surface area contributed by atoms with Crippen LogP contribution in [0.5, 0.6) is 0 Å². The number of amides is 1. The third kappa shape index (κ3) is 4.93. The van der Waals surface area contributed by atoms with Gasteiger partial charge in [-0.25, -0.2) is 0 Å². The SMILES string of the molecule is CC(=O)CCC(=O)NC1CCC(O)CC1. The Labute approximate surface area is 90.0 Å². The first kappa shape index (κ1) is 12.2. The molecule has 0 aromatic carbocycles. The van der Waals surface area contributed by atoms with Crippen molar-refractivity contribution in [2.75, 3.05) is 0 Å². The van der Waals surface area contributed by atoms with E-state index in [9.17, 15) is 14.7 Å². The molecule has 0 aromatic heterocycles. The summed E-state index contributed by atoms with van der Waals surface area (Å²) < 4.78 is 0. The van der Waals surface area contributed by atoms with Crippen molar-refractivity contribution < 1.29 is 14.7 Å². The lowest BCUT2D eigenvalue weighted by Crippen LogP contribution is -2.38. The Morgan fingerprint density at radius 2 is 1.80 bits per heavy atom. The predicted octanol–water partition coefficient (Wildman–Crippen LogP) is 0.775. The number of aliphatic hydroxyl groups excluding tert-OH is 1. The van der Waals surface area contributed by atoms with Gasteiger partial charge in [-0.05, 0) is 32.6 Å². The van der Waals surface area contributed by atoms with Crippen molar-refractivity contribution in [1.82, 2.24) is 5.32 Å². The predicted molar refractivity (Wildman–Crippen MR) is 56.3 cm³/mol. The average Bonchev–Trinajstić information content (AvgIpc) is 2.19. The van der Waals surface area contributed by atoms with Crippen molar-refractivity contribution in [3.8, 4) is 0 Å². The largest absolute Gasteiger partial charge is 0.393 e. The first-order valence-electron chi connectivity index (χ1n) is 5.55. The zero-order chi connectivity index (χ0) is 11.3. The fourth-order valence-corrected chi connectivity index (χ4v) is 1.81. The summed E-state index contributed by atoms with van der Waals surface area (Å²) in [6.07, 6.45) is 3.61. The number of aliphatic hydroxyl groups is 1. The molecule has 0 saturated heterocycles. The van der Waals surface area contributed by atoms with Gasteiger partial charge in [0.15, 0.2) is 0 Å². The van der Waals surface area contributed by atoms with E-state index in [1.165, 1.54) is 6.92 Å². The van der Waals surface area contributed by atoms with E-state index in [4.69, 9.17) is 0 Å². The Bertz CT molecular complexity index is 232. The monoisotopic (exact) mass is 213 g/mol. The average molecular weight is 213 g/mol. The molecular formula is C11H19NO3. The van der Waals surface area contributed by atoms with E-state index in [1.807, 2.05) is 0 Å². The minimum absolute atomic E-state index is 0.0456. The summed E-state index contributed by atoms with van der Waals surface area (Å²) in [4.78, 5) is 22.0. The van der Waals surface area contributed by atoms with Crippen molar-refractivity contribution in [3.63, 3.8) is 0 Å². The fourth-order valence-electron chi connectivity index (χ4n) is 1.81. The highest BCUT2D eigenvalue weighted by atomic mass is 16.3. The maximum absolute atomic E-state index is 11.4. The quantitative estimate of drug-likeness (QED) is 0.725. The van der Waals surface area contributed by atoms with Crippen LogP contribution in [0.4, 0.5) is 0 Å². The molecule has 1 aliphatic rings. The van der Waals surface area contributed by atoms with Crippen LogP contribution in [0.2, 0.25) is 0 Å². The van der Waals surface area contributed by atoms with E-state index in [0.717, 1.165) is 25.7 Å². The zero-order valence-corrected chi connectivity index (χ0v) is 9.16. The molecule has 1 amide bonds. The van der Waals surface area contributed by atoms with Crippen LogP contribution < -0.4 is 5.32 Å². The minimum Gasteiger partial charge on any atom is -0.393 e. The molecule has 0 heterocycles. The summed E-state index contributed by atoms with van der Waals surface area (Å²) in [6, 6.07) is 0.188. The highest BCUT2D eigenvalue weighted by molar-refractivity contribution is 5.83. The lowest BCUT2D eigenvalue weighted by Gasteiger charge is -2.26. The standard InChI is InChI=1S/C11H19NO3/c1-8(13)2-7-11(15)12-9-3-5-10(14)6-4-9/h9-10,14H,2-7H2,1H3,(H,12,15). The molecular weight excluding hydrogens is 194 g/mol. The summed E-state index contributed by atoms with van der Waals surface area (Å²) in [5.41, 5.74) is 0. The second-order valence-corrected chi connectivity index (χ2v) is 4.27. The smallest absolute Gasteiger partial charge is 0.220 e. The molecule has 4 heteroatoms. The van der Waals surface area contributed by atoms with Crippen LogP contribution in [-0.4, -0.2) is 28.9 Å². The lowest BCUT2D eigenvalue weighted by atomic mass is 9.93. The summed E-state index contributed by atoms with van der Waals surface area (Å²) >= 11 is 0. The molecule has 2 N–H and O–H groups in total. The number of nitrogens with one attached hydrogen (secondary N) is 1. The highest BCUT2D eigenvalue weighted by Gasteiger charge is 2.20.